The zero-order valence-corrected chi connectivity index (χ0v) is 11.7. The Kier molecular flexibility index (Phi) is 5.06. The first kappa shape index (κ1) is 15.6. The quantitative estimate of drug-likeness (QED) is 0.728. The van der Waals surface area contributed by atoms with E-state index in [-0.39, 0.29) is 5.92 Å². The van der Waals surface area contributed by atoms with Crippen molar-refractivity contribution in [1.29, 1.82) is 5.26 Å². The van der Waals surface area contributed by atoms with Crippen LogP contribution in [0.25, 0.3) is 6.08 Å². The number of halogens is 3. The predicted octanol–water partition coefficient (Wildman–Crippen LogP) is 5.44. The molecule has 0 amide bonds. The van der Waals surface area contributed by atoms with E-state index in [1.165, 1.54) is 18.6 Å². The Balaban J connectivity index is 2.03. The molecule has 0 bridgehead atoms. The Labute approximate surface area is 123 Å². The standard InChI is InChI=1S/C17H18F3N/c18-17(19,20)16-10-7-13(8-11-16)6-9-15(12-21)14-4-2-1-3-5-14/h6-11,14-15H,1-5H2/b9-6+/t15-/m0/s1. The summed E-state index contributed by atoms with van der Waals surface area (Å²) in [5.74, 6) is 0.238. The first-order valence-corrected chi connectivity index (χ1v) is 7.26. The molecule has 1 aliphatic carbocycles. The second-order valence-electron chi connectivity index (χ2n) is 5.53. The topological polar surface area (TPSA) is 23.8 Å². The van der Waals surface area contributed by atoms with Crippen LogP contribution in [-0.2, 0) is 6.18 Å². The van der Waals surface area contributed by atoms with Crippen LogP contribution in [0.15, 0.2) is 30.3 Å². The van der Waals surface area contributed by atoms with Gasteiger partial charge in [-0.1, -0.05) is 43.5 Å². The van der Waals surface area contributed by atoms with Gasteiger partial charge in [0.05, 0.1) is 17.6 Å². The molecule has 112 valence electrons. The molecule has 0 heterocycles. The molecular formula is C17H18F3N. The fourth-order valence-electron chi connectivity index (χ4n) is 2.80. The van der Waals surface area contributed by atoms with E-state index in [0.717, 1.165) is 37.8 Å². The molecule has 1 saturated carbocycles. The van der Waals surface area contributed by atoms with Crippen molar-refractivity contribution in [2.75, 3.05) is 0 Å². The average molecular weight is 293 g/mol. The lowest BCUT2D eigenvalue weighted by Crippen LogP contribution is -2.14. The molecule has 0 saturated heterocycles. The number of rotatable bonds is 3. The Hall–Kier alpha value is -1.76. The lowest BCUT2D eigenvalue weighted by molar-refractivity contribution is -0.137. The average Bonchev–Trinajstić information content (AvgIpc) is 2.48. The first-order chi connectivity index (χ1) is 10.0. The molecule has 4 heteroatoms. The minimum atomic E-state index is -4.31. The number of hydrogen-bond donors (Lipinski definition) is 0. The van der Waals surface area contributed by atoms with Crippen LogP contribution in [0.2, 0.25) is 0 Å². The van der Waals surface area contributed by atoms with Crippen LogP contribution >= 0.6 is 0 Å². The number of nitrogens with zero attached hydrogens (tertiary/aromatic N) is 1. The largest absolute Gasteiger partial charge is 0.416 e. The second kappa shape index (κ2) is 6.80. The van der Waals surface area contributed by atoms with Gasteiger partial charge in [-0.2, -0.15) is 18.4 Å². The minimum Gasteiger partial charge on any atom is -0.198 e. The van der Waals surface area contributed by atoms with Gasteiger partial charge in [-0.15, -0.1) is 0 Å². The maximum atomic E-state index is 12.5. The maximum Gasteiger partial charge on any atom is 0.416 e. The van der Waals surface area contributed by atoms with Crippen LogP contribution in [-0.4, -0.2) is 0 Å². The molecule has 0 radical (unpaired) electrons. The lowest BCUT2D eigenvalue weighted by Gasteiger charge is -2.23. The van der Waals surface area contributed by atoms with Gasteiger partial charge in [0.1, 0.15) is 0 Å². The van der Waals surface area contributed by atoms with Crippen LogP contribution in [0.3, 0.4) is 0 Å². The van der Waals surface area contributed by atoms with E-state index in [1.807, 2.05) is 6.08 Å². The third-order valence-corrected chi connectivity index (χ3v) is 4.04. The lowest BCUT2D eigenvalue weighted by atomic mass is 9.80. The fourth-order valence-corrected chi connectivity index (χ4v) is 2.80. The van der Waals surface area contributed by atoms with Gasteiger partial charge in [0.25, 0.3) is 0 Å². The highest BCUT2D eigenvalue weighted by molar-refractivity contribution is 5.50. The molecule has 1 aliphatic rings. The summed E-state index contributed by atoms with van der Waals surface area (Å²) >= 11 is 0. The molecule has 21 heavy (non-hydrogen) atoms. The first-order valence-electron chi connectivity index (χ1n) is 7.26. The monoisotopic (exact) mass is 293 g/mol. The molecule has 2 rings (SSSR count). The summed E-state index contributed by atoms with van der Waals surface area (Å²) in [7, 11) is 0. The van der Waals surface area contributed by atoms with Gasteiger partial charge >= 0.3 is 6.18 Å². The summed E-state index contributed by atoms with van der Waals surface area (Å²) in [6.45, 7) is 0. The van der Waals surface area contributed by atoms with Crippen LogP contribution in [0.5, 0.6) is 0 Å². The van der Waals surface area contributed by atoms with Gasteiger partial charge in [-0.25, -0.2) is 0 Å². The molecule has 0 N–H and O–H groups in total. The summed E-state index contributed by atoms with van der Waals surface area (Å²) in [5.41, 5.74) is 0.0443. The van der Waals surface area contributed by atoms with E-state index in [0.29, 0.717) is 11.5 Å². The molecule has 1 nitrogen and oxygen atoms in total. The Morgan fingerprint density at radius 2 is 1.71 bits per heavy atom. The van der Waals surface area contributed by atoms with Crippen LogP contribution in [0.4, 0.5) is 13.2 Å². The van der Waals surface area contributed by atoms with Crippen molar-refractivity contribution in [2.45, 2.75) is 38.3 Å². The number of nitriles is 1. The Morgan fingerprint density at radius 1 is 1.10 bits per heavy atom. The number of alkyl halides is 3. The number of hydrogen-bond acceptors (Lipinski definition) is 1. The fraction of sp³-hybridized carbons (Fsp3) is 0.471. The highest BCUT2D eigenvalue weighted by Crippen LogP contribution is 2.31. The molecule has 0 unspecified atom stereocenters. The summed E-state index contributed by atoms with van der Waals surface area (Å²) in [5, 5.41) is 9.26. The third kappa shape index (κ3) is 4.35. The predicted molar refractivity (Wildman–Crippen MR) is 76.2 cm³/mol. The molecule has 1 aromatic rings. The summed E-state index contributed by atoms with van der Waals surface area (Å²) in [6.07, 6.45) is 4.97. The minimum absolute atomic E-state index is 0.146. The maximum absolute atomic E-state index is 12.5. The van der Waals surface area contributed by atoms with Gasteiger partial charge < -0.3 is 0 Å². The third-order valence-electron chi connectivity index (χ3n) is 4.04. The van der Waals surface area contributed by atoms with E-state index in [4.69, 9.17) is 0 Å². The summed E-state index contributed by atoms with van der Waals surface area (Å²) < 4.78 is 37.4. The van der Waals surface area contributed by atoms with Gasteiger partial charge in [0.15, 0.2) is 0 Å². The van der Waals surface area contributed by atoms with E-state index in [9.17, 15) is 18.4 Å². The highest BCUT2D eigenvalue weighted by atomic mass is 19.4. The van der Waals surface area contributed by atoms with Crippen molar-refractivity contribution in [3.63, 3.8) is 0 Å². The number of allylic oxidation sites excluding steroid dienone is 1. The molecule has 1 fully saturated rings. The summed E-state index contributed by atoms with van der Waals surface area (Å²) in [4.78, 5) is 0. The van der Waals surface area contributed by atoms with E-state index < -0.39 is 11.7 Å². The van der Waals surface area contributed by atoms with Crippen molar-refractivity contribution in [1.82, 2.24) is 0 Å². The van der Waals surface area contributed by atoms with Crippen molar-refractivity contribution < 1.29 is 13.2 Å². The Morgan fingerprint density at radius 3 is 2.24 bits per heavy atom. The van der Waals surface area contributed by atoms with Crippen molar-refractivity contribution in [3.8, 4) is 6.07 Å². The zero-order chi connectivity index (χ0) is 15.3. The molecule has 1 atom stereocenters. The van der Waals surface area contributed by atoms with Crippen molar-refractivity contribution in [3.05, 3.63) is 41.5 Å². The van der Waals surface area contributed by atoms with Crippen LogP contribution in [0.1, 0.15) is 43.2 Å². The normalized spacial score (nSPS) is 18.6. The molecular weight excluding hydrogens is 275 g/mol. The van der Waals surface area contributed by atoms with E-state index >= 15 is 0 Å². The Bertz CT molecular complexity index is 516. The van der Waals surface area contributed by atoms with Crippen LogP contribution < -0.4 is 0 Å². The molecule has 1 aromatic carbocycles. The molecule has 0 spiro atoms. The second-order valence-corrected chi connectivity index (χ2v) is 5.53. The van der Waals surface area contributed by atoms with E-state index in [1.54, 1.807) is 6.08 Å². The van der Waals surface area contributed by atoms with E-state index in [2.05, 4.69) is 6.07 Å². The smallest absolute Gasteiger partial charge is 0.198 e. The molecule has 0 aliphatic heterocycles. The van der Waals surface area contributed by atoms with Crippen molar-refractivity contribution in [2.24, 2.45) is 11.8 Å². The van der Waals surface area contributed by atoms with Gasteiger partial charge in [-0.05, 0) is 36.5 Å². The van der Waals surface area contributed by atoms with Crippen molar-refractivity contribution >= 4 is 6.08 Å². The van der Waals surface area contributed by atoms with Gasteiger partial charge in [-0.3, -0.25) is 0 Å². The van der Waals surface area contributed by atoms with Gasteiger partial charge in [0.2, 0.25) is 0 Å². The highest BCUT2D eigenvalue weighted by Gasteiger charge is 2.29. The van der Waals surface area contributed by atoms with Gasteiger partial charge in [0, 0.05) is 0 Å². The summed E-state index contributed by atoms with van der Waals surface area (Å²) in [6, 6.07) is 7.33. The molecule has 0 aromatic heterocycles. The zero-order valence-electron chi connectivity index (χ0n) is 11.7. The van der Waals surface area contributed by atoms with Crippen LogP contribution in [0, 0.1) is 23.2 Å². The number of benzene rings is 1. The SMILES string of the molecule is N#C[C@H](/C=C/c1ccc(C(F)(F)F)cc1)C1CCCCC1.